The van der Waals surface area contributed by atoms with Gasteiger partial charge in [0.1, 0.15) is 16.8 Å². The first-order valence-electron chi connectivity index (χ1n) is 7.07. The average molecular weight is 318 g/mol. The van der Waals surface area contributed by atoms with Gasteiger partial charge < -0.3 is 4.74 Å². The predicted octanol–water partition coefficient (Wildman–Crippen LogP) is 4.88. The molecule has 0 radical (unpaired) electrons. The monoisotopic (exact) mass is 318 g/mol. The molecule has 3 nitrogen and oxygen atoms in total. The molecule has 23 heavy (non-hydrogen) atoms. The molecule has 0 aliphatic carbocycles. The molecule has 0 atom stereocenters. The zero-order valence-corrected chi connectivity index (χ0v) is 13.4. The van der Waals surface area contributed by atoms with E-state index in [0.29, 0.717) is 5.57 Å². The van der Waals surface area contributed by atoms with Crippen molar-refractivity contribution in [3.05, 3.63) is 70.5 Å². The summed E-state index contributed by atoms with van der Waals surface area (Å²) in [5.74, 6) is 0.793. The first kappa shape index (κ1) is 15.0. The van der Waals surface area contributed by atoms with Crippen LogP contribution < -0.4 is 4.74 Å². The molecular formula is C19H14N2OS. The van der Waals surface area contributed by atoms with Crippen LogP contribution in [0.3, 0.4) is 0 Å². The van der Waals surface area contributed by atoms with Gasteiger partial charge in [-0.3, -0.25) is 0 Å². The van der Waals surface area contributed by atoms with E-state index in [1.165, 1.54) is 11.3 Å². The molecule has 112 valence electrons. The number of benzene rings is 2. The van der Waals surface area contributed by atoms with Crippen LogP contribution in [0.15, 0.2) is 60.0 Å². The molecule has 3 aromatic rings. The summed E-state index contributed by atoms with van der Waals surface area (Å²) < 4.78 is 5.14. The van der Waals surface area contributed by atoms with Gasteiger partial charge in [-0.1, -0.05) is 42.5 Å². The maximum Gasteiger partial charge on any atom is 0.134 e. The Kier molecular flexibility index (Phi) is 4.51. The minimum absolute atomic E-state index is 0.558. The fourth-order valence-corrected chi connectivity index (χ4v) is 2.94. The zero-order valence-electron chi connectivity index (χ0n) is 12.6. The second kappa shape index (κ2) is 6.91. The van der Waals surface area contributed by atoms with Gasteiger partial charge in [0.2, 0.25) is 0 Å². The smallest absolute Gasteiger partial charge is 0.134 e. The zero-order chi connectivity index (χ0) is 16.1. The van der Waals surface area contributed by atoms with E-state index in [1.807, 2.05) is 66.1 Å². The molecule has 0 saturated heterocycles. The number of hydrogen-bond donors (Lipinski definition) is 0. The maximum atomic E-state index is 9.45. The maximum absolute atomic E-state index is 9.45. The lowest BCUT2D eigenvalue weighted by Gasteiger charge is -2.00. The molecule has 3 rings (SSSR count). The number of aromatic nitrogens is 1. The first-order valence-corrected chi connectivity index (χ1v) is 7.95. The predicted molar refractivity (Wildman–Crippen MR) is 94.0 cm³/mol. The van der Waals surface area contributed by atoms with Crippen molar-refractivity contribution in [1.29, 1.82) is 5.26 Å². The summed E-state index contributed by atoms with van der Waals surface area (Å²) in [6.45, 7) is 0. The normalized spacial score (nSPS) is 11.0. The Hall–Kier alpha value is -2.90. The molecule has 0 fully saturated rings. The van der Waals surface area contributed by atoms with E-state index >= 15 is 0 Å². The molecule has 0 amide bonds. The highest BCUT2D eigenvalue weighted by molar-refractivity contribution is 7.11. The summed E-state index contributed by atoms with van der Waals surface area (Å²) in [6, 6.07) is 19.8. The third kappa shape index (κ3) is 3.47. The molecule has 0 unspecified atom stereocenters. The first-order chi connectivity index (χ1) is 11.3. The van der Waals surface area contributed by atoms with Gasteiger partial charge in [0.05, 0.1) is 18.4 Å². The van der Waals surface area contributed by atoms with Crippen molar-refractivity contribution in [3.8, 4) is 23.1 Å². The largest absolute Gasteiger partial charge is 0.497 e. The van der Waals surface area contributed by atoms with E-state index in [2.05, 4.69) is 11.1 Å². The van der Waals surface area contributed by atoms with Gasteiger partial charge in [-0.25, -0.2) is 4.98 Å². The summed E-state index contributed by atoms with van der Waals surface area (Å²) in [7, 11) is 1.63. The quantitative estimate of drug-likeness (QED) is 0.644. The van der Waals surface area contributed by atoms with E-state index in [0.717, 1.165) is 27.6 Å². The van der Waals surface area contributed by atoms with E-state index < -0.39 is 0 Å². The standard InChI is InChI=1S/C19H14N2OS/c1-22-17-9-7-14(8-10-17)11-16(12-20)19-21-18(13-23-19)15-5-3-2-4-6-15/h2-11,13H,1H3/b16-11-. The SMILES string of the molecule is COc1ccc(/C=C(/C#N)c2nc(-c3ccccc3)cs2)cc1. The molecule has 0 spiro atoms. The van der Waals surface area contributed by atoms with E-state index in [9.17, 15) is 5.26 Å². The Balaban J connectivity index is 1.90. The van der Waals surface area contributed by atoms with Crippen LogP contribution in [0.2, 0.25) is 0 Å². The van der Waals surface area contributed by atoms with Crippen LogP contribution in [0.5, 0.6) is 5.75 Å². The topological polar surface area (TPSA) is 45.9 Å². The number of hydrogen-bond acceptors (Lipinski definition) is 4. The molecule has 0 aliphatic heterocycles. The molecule has 4 heteroatoms. The highest BCUT2D eigenvalue weighted by atomic mass is 32.1. The lowest BCUT2D eigenvalue weighted by Crippen LogP contribution is -1.84. The minimum Gasteiger partial charge on any atom is -0.497 e. The number of nitriles is 1. The Morgan fingerprint density at radius 2 is 1.87 bits per heavy atom. The third-order valence-electron chi connectivity index (χ3n) is 3.35. The number of rotatable bonds is 4. The van der Waals surface area contributed by atoms with Crippen LogP contribution in [0, 0.1) is 11.3 Å². The van der Waals surface area contributed by atoms with Gasteiger partial charge in [0, 0.05) is 10.9 Å². The Morgan fingerprint density at radius 3 is 2.52 bits per heavy atom. The Bertz CT molecular complexity index is 858. The van der Waals surface area contributed by atoms with Crippen LogP contribution in [-0.4, -0.2) is 12.1 Å². The van der Waals surface area contributed by atoms with Crippen molar-refractivity contribution >= 4 is 23.0 Å². The van der Waals surface area contributed by atoms with Crippen molar-refractivity contribution in [1.82, 2.24) is 4.98 Å². The highest BCUT2D eigenvalue weighted by Gasteiger charge is 2.09. The Labute approximate surface area is 139 Å². The van der Waals surface area contributed by atoms with Crippen molar-refractivity contribution in [2.24, 2.45) is 0 Å². The number of allylic oxidation sites excluding steroid dienone is 1. The second-order valence-electron chi connectivity index (χ2n) is 4.85. The molecule has 0 N–H and O–H groups in total. The molecule has 0 aliphatic rings. The summed E-state index contributed by atoms with van der Waals surface area (Å²) in [5, 5.41) is 12.1. The summed E-state index contributed by atoms with van der Waals surface area (Å²) in [5.41, 5.74) is 3.44. The lowest BCUT2D eigenvalue weighted by molar-refractivity contribution is 0.415. The van der Waals surface area contributed by atoms with Crippen LogP contribution in [0.25, 0.3) is 22.9 Å². The summed E-state index contributed by atoms with van der Waals surface area (Å²) in [6.07, 6.45) is 1.84. The van der Waals surface area contributed by atoms with Crippen molar-refractivity contribution in [2.75, 3.05) is 7.11 Å². The van der Waals surface area contributed by atoms with Crippen LogP contribution >= 0.6 is 11.3 Å². The average Bonchev–Trinajstić information content (AvgIpc) is 3.11. The van der Waals surface area contributed by atoms with Crippen molar-refractivity contribution in [2.45, 2.75) is 0 Å². The van der Waals surface area contributed by atoms with Crippen LogP contribution in [0.1, 0.15) is 10.6 Å². The summed E-state index contributed by atoms with van der Waals surface area (Å²) in [4.78, 5) is 4.58. The van der Waals surface area contributed by atoms with Gasteiger partial charge in [0.15, 0.2) is 0 Å². The minimum atomic E-state index is 0.558. The highest BCUT2D eigenvalue weighted by Crippen LogP contribution is 2.27. The number of thiazole rings is 1. The van der Waals surface area contributed by atoms with E-state index in [1.54, 1.807) is 7.11 Å². The molecule has 1 heterocycles. The fourth-order valence-electron chi connectivity index (χ4n) is 2.15. The number of nitrogens with zero attached hydrogens (tertiary/aromatic N) is 2. The second-order valence-corrected chi connectivity index (χ2v) is 5.71. The summed E-state index contributed by atoms with van der Waals surface area (Å²) >= 11 is 1.48. The van der Waals surface area contributed by atoms with Gasteiger partial charge >= 0.3 is 0 Å². The fraction of sp³-hybridized carbons (Fsp3) is 0.0526. The van der Waals surface area contributed by atoms with Crippen LogP contribution in [0.4, 0.5) is 0 Å². The number of ether oxygens (including phenoxy) is 1. The molecule has 0 bridgehead atoms. The molecule has 1 aromatic heterocycles. The van der Waals surface area contributed by atoms with Gasteiger partial charge in [0.25, 0.3) is 0 Å². The van der Waals surface area contributed by atoms with Gasteiger partial charge in [-0.2, -0.15) is 5.26 Å². The third-order valence-corrected chi connectivity index (χ3v) is 4.23. The Morgan fingerprint density at radius 1 is 1.13 bits per heavy atom. The molecule has 2 aromatic carbocycles. The van der Waals surface area contributed by atoms with Crippen molar-refractivity contribution < 1.29 is 4.74 Å². The lowest BCUT2D eigenvalue weighted by atomic mass is 10.1. The molecular weight excluding hydrogens is 304 g/mol. The number of methoxy groups -OCH3 is 1. The van der Waals surface area contributed by atoms with Crippen molar-refractivity contribution in [3.63, 3.8) is 0 Å². The van der Waals surface area contributed by atoms with Crippen LogP contribution in [-0.2, 0) is 0 Å². The molecule has 0 saturated carbocycles. The van der Waals surface area contributed by atoms with Gasteiger partial charge in [-0.05, 0) is 23.8 Å². The van der Waals surface area contributed by atoms with Gasteiger partial charge in [-0.15, -0.1) is 11.3 Å². The van der Waals surface area contributed by atoms with E-state index in [4.69, 9.17) is 4.74 Å². The van der Waals surface area contributed by atoms with E-state index in [-0.39, 0.29) is 0 Å².